The van der Waals surface area contributed by atoms with E-state index in [1.807, 2.05) is 0 Å². The van der Waals surface area contributed by atoms with Crippen LogP contribution >= 0.6 is 0 Å². The quantitative estimate of drug-likeness (QED) is 0.355. The van der Waals surface area contributed by atoms with Crippen molar-refractivity contribution in [1.29, 1.82) is 0 Å². The first-order valence-corrected chi connectivity index (χ1v) is 9.33. The number of esters is 1. The monoisotopic (exact) mass is 444 g/mol. The van der Waals surface area contributed by atoms with E-state index < -0.39 is 30.0 Å². The molecule has 0 unspecified atom stereocenters. The number of aliphatic carboxylic acids is 1. The van der Waals surface area contributed by atoms with Gasteiger partial charge in [0, 0.05) is 5.56 Å². The molecule has 0 radical (unpaired) electrons. The van der Waals surface area contributed by atoms with Crippen molar-refractivity contribution >= 4 is 30.0 Å². The van der Waals surface area contributed by atoms with Gasteiger partial charge < -0.3 is 29.1 Å². The summed E-state index contributed by atoms with van der Waals surface area (Å²) in [6, 6.07) is 6.91. The SMILES string of the molecule is COC(=O)c1ccc(CN2C(=O)N/C(=C\c3cccc(OC)c3O[C@@H](C)C(=O)O)C2=O)o1. The second-order valence-corrected chi connectivity index (χ2v) is 6.61. The van der Waals surface area contributed by atoms with Crippen molar-refractivity contribution in [3.63, 3.8) is 0 Å². The van der Waals surface area contributed by atoms with Crippen LogP contribution in [-0.2, 0) is 20.9 Å². The first-order chi connectivity index (χ1) is 15.2. The highest BCUT2D eigenvalue weighted by atomic mass is 16.5. The predicted octanol–water partition coefficient (Wildman–Crippen LogP) is 2.02. The molecule has 1 aromatic carbocycles. The molecule has 2 aromatic rings. The smallest absolute Gasteiger partial charge is 0.373 e. The minimum absolute atomic E-state index is 0.0592. The van der Waals surface area contributed by atoms with E-state index >= 15 is 0 Å². The fraction of sp³-hybridized carbons (Fsp3) is 0.238. The molecule has 1 atom stereocenters. The maximum Gasteiger partial charge on any atom is 0.373 e. The molecular formula is C21H20N2O9. The van der Waals surface area contributed by atoms with Crippen LogP contribution in [0.2, 0.25) is 0 Å². The van der Waals surface area contributed by atoms with Crippen LogP contribution in [0.1, 0.15) is 28.8 Å². The van der Waals surface area contributed by atoms with E-state index in [-0.39, 0.29) is 35.3 Å². The van der Waals surface area contributed by atoms with Gasteiger partial charge in [0.1, 0.15) is 11.5 Å². The van der Waals surface area contributed by atoms with Crippen LogP contribution in [0.5, 0.6) is 11.5 Å². The van der Waals surface area contributed by atoms with Gasteiger partial charge in [0.15, 0.2) is 17.6 Å². The number of nitrogens with zero attached hydrogens (tertiary/aromatic N) is 1. The van der Waals surface area contributed by atoms with E-state index in [2.05, 4.69) is 10.1 Å². The average Bonchev–Trinajstić information content (AvgIpc) is 3.34. The molecule has 11 heteroatoms. The van der Waals surface area contributed by atoms with E-state index in [0.29, 0.717) is 5.56 Å². The second-order valence-electron chi connectivity index (χ2n) is 6.61. The second kappa shape index (κ2) is 9.25. The maximum atomic E-state index is 12.8. The summed E-state index contributed by atoms with van der Waals surface area (Å²) in [5, 5.41) is 11.6. The molecule has 3 rings (SSSR count). The summed E-state index contributed by atoms with van der Waals surface area (Å²) in [4.78, 5) is 48.7. The molecule has 1 aromatic heterocycles. The Balaban J connectivity index is 1.86. The van der Waals surface area contributed by atoms with Gasteiger partial charge in [-0.1, -0.05) is 12.1 Å². The molecule has 0 spiro atoms. The Labute approximate surface area is 182 Å². The zero-order valence-corrected chi connectivity index (χ0v) is 17.4. The third-order valence-electron chi connectivity index (χ3n) is 4.50. The van der Waals surface area contributed by atoms with Gasteiger partial charge in [-0.15, -0.1) is 0 Å². The largest absolute Gasteiger partial charge is 0.493 e. The molecule has 0 bridgehead atoms. The fourth-order valence-electron chi connectivity index (χ4n) is 2.86. The number of amides is 3. The van der Waals surface area contributed by atoms with Crippen molar-refractivity contribution in [2.45, 2.75) is 19.6 Å². The third-order valence-corrected chi connectivity index (χ3v) is 4.50. The van der Waals surface area contributed by atoms with Crippen molar-refractivity contribution in [3.8, 4) is 11.5 Å². The van der Waals surface area contributed by atoms with E-state index in [1.54, 1.807) is 18.2 Å². The van der Waals surface area contributed by atoms with Crippen LogP contribution in [-0.4, -0.2) is 54.2 Å². The topological polar surface area (TPSA) is 145 Å². The van der Waals surface area contributed by atoms with Crippen LogP contribution in [0, 0.1) is 0 Å². The van der Waals surface area contributed by atoms with Crippen molar-refractivity contribution < 1.29 is 42.9 Å². The zero-order valence-electron chi connectivity index (χ0n) is 17.4. The number of benzene rings is 1. The summed E-state index contributed by atoms with van der Waals surface area (Å²) in [5.74, 6) is -2.01. The van der Waals surface area contributed by atoms with Crippen molar-refractivity contribution in [3.05, 3.63) is 53.1 Å². The van der Waals surface area contributed by atoms with Gasteiger partial charge in [-0.3, -0.25) is 9.69 Å². The lowest BCUT2D eigenvalue weighted by Crippen LogP contribution is -2.30. The number of nitrogens with one attached hydrogen (secondary N) is 1. The minimum atomic E-state index is -1.18. The highest BCUT2D eigenvalue weighted by molar-refractivity contribution is 6.14. The number of carboxylic acids is 1. The number of carbonyl (C=O) groups excluding carboxylic acids is 3. The number of ether oxygens (including phenoxy) is 3. The summed E-state index contributed by atoms with van der Waals surface area (Å²) in [6.45, 7) is 1.14. The van der Waals surface area contributed by atoms with Crippen molar-refractivity contribution in [2.24, 2.45) is 0 Å². The summed E-state index contributed by atoms with van der Waals surface area (Å²) >= 11 is 0. The lowest BCUT2D eigenvalue weighted by atomic mass is 10.1. The van der Waals surface area contributed by atoms with Crippen LogP contribution in [0.25, 0.3) is 6.08 Å². The molecule has 2 N–H and O–H groups in total. The van der Waals surface area contributed by atoms with Crippen molar-refractivity contribution in [1.82, 2.24) is 10.2 Å². The Hall–Kier alpha value is -4.28. The Morgan fingerprint density at radius 3 is 2.62 bits per heavy atom. The zero-order chi connectivity index (χ0) is 23.4. The van der Waals surface area contributed by atoms with Crippen LogP contribution in [0.4, 0.5) is 4.79 Å². The van der Waals surface area contributed by atoms with Crippen LogP contribution in [0.15, 0.2) is 40.4 Å². The first kappa shape index (κ1) is 22.4. The highest BCUT2D eigenvalue weighted by Crippen LogP contribution is 2.34. The first-order valence-electron chi connectivity index (χ1n) is 9.33. The normalized spacial score (nSPS) is 15.5. The standard InChI is InChI=1S/C21H20N2O9/c1-11(19(25)26)31-17-12(5-4-6-15(17)29-2)9-14-18(24)23(21(28)22-14)10-13-7-8-16(32-13)20(27)30-3/h4-9,11H,10H2,1-3H3,(H,22,28)(H,25,26)/b14-9-/t11-/m0/s1. The van der Waals surface area contributed by atoms with Gasteiger partial charge in [-0.25, -0.2) is 14.4 Å². The number of hydrogen-bond donors (Lipinski definition) is 2. The van der Waals surface area contributed by atoms with Gasteiger partial charge >= 0.3 is 18.0 Å². The van der Waals surface area contributed by atoms with Gasteiger partial charge in [0.25, 0.3) is 5.91 Å². The molecule has 11 nitrogen and oxygen atoms in total. The number of methoxy groups -OCH3 is 2. The number of hydrogen-bond acceptors (Lipinski definition) is 8. The summed E-state index contributed by atoms with van der Waals surface area (Å²) in [7, 11) is 2.59. The molecule has 1 saturated heterocycles. The Morgan fingerprint density at radius 1 is 1.22 bits per heavy atom. The maximum absolute atomic E-state index is 12.8. The van der Waals surface area contributed by atoms with E-state index in [9.17, 15) is 19.2 Å². The highest BCUT2D eigenvalue weighted by Gasteiger charge is 2.35. The van der Waals surface area contributed by atoms with E-state index in [0.717, 1.165) is 4.90 Å². The molecule has 1 fully saturated rings. The molecule has 1 aliphatic heterocycles. The number of imide groups is 1. The Bertz CT molecular complexity index is 1100. The van der Waals surface area contributed by atoms with Crippen LogP contribution < -0.4 is 14.8 Å². The third kappa shape index (κ3) is 4.56. The molecule has 2 heterocycles. The lowest BCUT2D eigenvalue weighted by molar-refractivity contribution is -0.144. The number of urea groups is 1. The average molecular weight is 444 g/mol. The fourth-order valence-corrected chi connectivity index (χ4v) is 2.86. The lowest BCUT2D eigenvalue weighted by Gasteiger charge is -2.16. The summed E-state index contributed by atoms with van der Waals surface area (Å²) < 4.78 is 20.6. The minimum Gasteiger partial charge on any atom is -0.493 e. The van der Waals surface area contributed by atoms with Gasteiger partial charge in [-0.2, -0.15) is 0 Å². The number of carboxylic acid groups (broad SMARTS) is 1. The molecular weight excluding hydrogens is 424 g/mol. The molecule has 0 aliphatic carbocycles. The molecule has 1 aliphatic rings. The Kier molecular flexibility index (Phi) is 6.47. The molecule has 3 amide bonds. The molecule has 0 saturated carbocycles. The number of para-hydroxylation sites is 1. The summed E-state index contributed by atoms with van der Waals surface area (Å²) in [6.07, 6.45) is 0.172. The number of rotatable bonds is 8. The van der Waals surface area contributed by atoms with Crippen molar-refractivity contribution in [2.75, 3.05) is 14.2 Å². The van der Waals surface area contributed by atoms with Crippen LogP contribution in [0.3, 0.4) is 0 Å². The molecule has 168 valence electrons. The number of furan rings is 1. The predicted molar refractivity (Wildman–Crippen MR) is 108 cm³/mol. The van der Waals surface area contributed by atoms with Gasteiger partial charge in [-0.05, 0) is 31.2 Å². The van der Waals surface area contributed by atoms with E-state index in [1.165, 1.54) is 39.4 Å². The summed E-state index contributed by atoms with van der Waals surface area (Å²) in [5.41, 5.74) is 0.268. The van der Waals surface area contributed by atoms with Gasteiger partial charge in [0.05, 0.1) is 20.8 Å². The van der Waals surface area contributed by atoms with E-state index in [4.69, 9.17) is 19.0 Å². The Morgan fingerprint density at radius 2 is 1.97 bits per heavy atom. The number of carbonyl (C=O) groups is 4. The molecule has 32 heavy (non-hydrogen) atoms. The van der Waals surface area contributed by atoms with Gasteiger partial charge in [0.2, 0.25) is 5.76 Å².